The first-order chi connectivity index (χ1) is 14.5. The van der Waals surface area contributed by atoms with Crippen LogP contribution in [-0.4, -0.2) is 37.4 Å². The fourth-order valence-corrected chi connectivity index (χ4v) is 5.04. The number of benzene rings is 1. The summed E-state index contributed by atoms with van der Waals surface area (Å²) in [5, 5.41) is 8.70. The van der Waals surface area contributed by atoms with Crippen LogP contribution in [0.3, 0.4) is 0 Å². The van der Waals surface area contributed by atoms with Gasteiger partial charge in [0.1, 0.15) is 17.3 Å². The molecule has 0 spiro atoms. The minimum Gasteiger partial charge on any atom is -0.495 e. The van der Waals surface area contributed by atoms with Crippen LogP contribution >= 0.6 is 23.4 Å². The third kappa shape index (κ3) is 4.46. The summed E-state index contributed by atoms with van der Waals surface area (Å²) in [4.78, 5) is 29.6. The summed E-state index contributed by atoms with van der Waals surface area (Å²) in [6, 6.07) is 4.93. The number of hydrogen-bond acceptors (Lipinski definition) is 6. The van der Waals surface area contributed by atoms with Crippen LogP contribution in [0.1, 0.15) is 32.1 Å². The number of aromatic nitrogens is 4. The van der Waals surface area contributed by atoms with Gasteiger partial charge in [-0.1, -0.05) is 42.6 Å². The van der Waals surface area contributed by atoms with Gasteiger partial charge in [0.25, 0.3) is 0 Å². The fraction of sp³-hybridized carbons (Fsp3) is 0.400. The van der Waals surface area contributed by atoms with E-state index in [4.69, 9.17) is 16.3 Å². The predicted octanol–water partition coefficient (Wildman–Crippen LogP) is 3.62. The van der Waals surface area contributed by atoms with Gasteiger partial charge in [-0.3, -0.25) is 4.79 Å². The van der Waals surface area contributed by atoms with Gasteiger partial charge in [0.05, 0.1) is 12.1 Å². The van der Waals surface area contributed by atoms with E-state index in [1.54, 1.807) is 42.4 Å². The Hall–Kier alpha value is -2.52. The quantitative estimate of drug-likeness (QED) is 0.620. The van der Waals surface area contributed by atoms with Crippen molar-refractivity contribution in [3.63, 3.8) is 0 Å². The minimum atomic E-state index is -0.379. The van der Waals surface area contributed by atoms with E-state index in [0.717, 1.165) is 22.5 Å². The standard InChI is InChI=1S/C20H22ClN5O3S/c1-29-16-8-7-13(11-15(16)21)23-17(27)12-26-20(28)25-10-9-22-19(18(25)24-26)30-14-5-3-2-4-6-14/h7-11,14H,2-6,12H2,1H3,(H,23,27). The normalized spacial score (nSPS) is 14.7. The minimum absolute atomic E-state index is 0.211. The zero-order valence-corrected chi connectivity index (χ0v) is 18.1. The van der Waals surface area contributed by atoms with E-state index in [1.807, 2.05) is 0 Å². The molecule has 1 amide bonds. The molecule has 0 aliphatic heterocycles. The average molecular weight is 448 g/mol. The van der Waals surface area contributed by atoms with Gasteiger partial charge in [0, 0.05) is 23.3 Å². The van der Waals surface area contributed by atoms with Crippen molar-refractivity contribution in [3.05, 3.63) is 46.1 Å². The number of nitrogens with one attached hydrogen (secondary N) is 1. The molecule has 1 aromatic carbocycles. The molecule has 1 fully saturated rings. The summed E-state index contributed by atoms with van der Waals surface area (Å²) in [6.07, 6.45) is 9.18. The maximum Gasteiger partial charge on any atom is 0.350 e. The van der Waals surface area contributed by atoms with E-state index in [-0.39, 0.29) is 18.1 Å². The van der Waals surface area contributed by atoms with Crippen molar-refractivity contribution in [3.8, 4) is 5.75 Å². The molecule has 10 heteroatoms. The van der Waals surface area contributed by atoms with Gasteiger partial charge in [0.2, 0.25) is 5.91 Å². The maximum atomic E-state index is 12.7. The number of fused-ring (bicyclic) bond motifs is 1. The molecule has 1 aliphatic carbocycles. The lowest BCUT2D eigenvalue weighted by molar-refractivity contribution is -0.117. The van der Waals surface area contributed by atoms with Crippen molar-refractivity contribution >= 4 is 40.6 Å². The van der Waals surface area contributed by atoms with Crippen LogP contribution in [0.2, 0.25) is 5.02 Å². The van der Waals surface area contributed by atoms with Crippen molar-refractivity contribution in [2.75, 3.05) is 12.4 Å². The summed E-state index contributed by atoms with van der Waals surface area (Å²) >= 11 is 7.76. The molecule has 158 valence electrons. The fourth-order valence-electron chi connectivity index (χ4n) is 3.53. The molecule has 3 aromatic rings. The van der Waals surface area contributed by atoms with Gasteiger partial charge in [-0.05, 0) is 31.0 Å². The van der Waals surface area contributed by atoms with Gasteiger partial charge in [-0.2, -0.15) is 0 Å². The summed E-state index contributed by atoms with van der Waals surface area (Å²) in [6.45, 7) is -0.211. The van der Waals surface area contributed by atoms with Crippen molar-refractivity contribution in [1.82, 2.24) is 19.2 Å². The number of nitrogens with zero attached hydrogens (tertiary/aromatic N) is 4. The molecule has 0 radical (unpaired) electrons. The predicted molar refractivity (Wildman–Crippen MR) is 117 cm³/mol. The summed E-state index contributed by atoms with van der Waals surface area (Å²) in [5.74, 6) is 0.137. The van der Waals surface area contributed by atoms with E-state index in [2.05, 4.69) is 15.4 Å². The smallest absolute Gasteiger partial charge is 0.350 e. The first-order valence-corrected chi connectivity index (χ1v) is 11.0. The molecule has 2 aromatic heterocycles. The molecule has 0 saturated heterocycles. The van der Waals surface area contributed by atoms with E-state index in [9.17, 15) is 9.59 Å². The zero-order valence-electron chi connectivity index (χ0n) is 16.5. The van der Waals surface area contributed by atoms with Crippen LogP contribution in [0, 0.1) is 0 Å². The van der Waals surface area contributed by atoms with Gasteiger partial charge in [-0.25, -0.2) is 18.9 Å². The Morgan fingerprint density at radius 3 is 2.87 bits per heavy atom. The lowest BCUT2D eigenvalue weighted by Gasteiger charge is -2.20. The zero-order chi connectivity index (χ0) is 21.1. The third-order valence-corrected chi connectivity index (χ3v) is 6.64. The second kappa shape index (κ2) is 9.09. The molecule has 4 rings (SSSR count). The number of thioether (sulfide) groups is 1. The van der Waals surface area contributed by atoms with Gasteiger partial charge in [0.15, 0.2) is 5.65 Å². The van der Waals surface area contributed by atoms with Crippen LogP contribution in [0.15, 0.2) is 40.4 Å². The van der Waals surface area contributed by atoms with Crippen LogP contribution in [0.25, 0.3) is 5.65 Å². The number of carbonyl (C=O) groups is 1. The SMILES string of the molecule is COc1ccc(NC(=O)Cn2nc3c(SC4CCCCC4)nccn3c2=O)cc1Cl. The van der Waals surface area contributed by atoms with Crippen LogP contribution in [0.4, 0.5) is 5.69 Å². The number of ether oxygens (including phenoxy) is 1. The number of rotatable bonds is 6. The Labute approximate surface area is 182 Å². The Kier molecular flexibility index (Phi) is 6.29. The van der Waals surface area contributed by atoms with Crippen molar-refractivity contribution in [2.24, 2.45) is 0 Å². The summed E-state index contributed by atoms with van der Waals surface area (Å²) in [5.41, 5.74) is 0.622. The highest BCUT2D eigenvalue weighted by Gasteiger charge is 2.20. The molecule has 8 nitrogen and oxygen atoms in total. The molecule has 0 bridgehead atoms. The van der Waals surface area contributed by atoms with Crippen molar-refractivity contribution < 1.29 is 9.53 Å². The highest BCUT2D eigenvalue weighted by Crippen LogP contribution is 2.33. The number of amides is 1. The molecule has 0 unspecified atom stereocenters. The topological polar surface area (TPSA) is 90.5 Å². The van der Waals surface area contributed by atoms with Gasteiger partial charge >= 0.3 is 5.69 Å². The molecular weight excluding hydrogens is 426 g/mol. The molecule has 30 heavy (non-hydrogen) atoms. The van der Waals surface area contributed by atoms with Crippen molar-refractivity contribution in [1.29, 1.82) is 0 Å². The lowest BCUT2D eigenvalue weighted by Crippen LogP contribution is -2.28. The van der Waals surface area contributed by atoms with Gasteiger partial charge < -0.3 is 10.1 Å². The monoisotopic (exact) mass is 447 g/mol. The second-order valence-corrected chi connectivity index (χ2v) is 8.84. The molecule has 1 N–H and O–H groups in total. The molecular formula is C20H22ClN5O3S. The number of anilines is 1. The van der Waals surface area contributed by atoms with E-state index >= 15 is 0 Å². The molecule has 0 atom stereocenters. The lowest BCUT2D eigenvalue weighted by atomic mass is 10.0. The summed E-state index contributed by atoms with van der Waals surface area (Å²) < 4.78 is 7.70. The van der Waals surface area contributed by atoms with E-state index in [0.29, 0.717) is 27.4 Å². The molecule has 1 aliphatic rings. The van der Waals surface area contributed by atoms with Gasteiger partial charge in [-0.15, -0.1) is 5.10 Å². The number of halogens is 1. The Balaban J connectivity index is 1.52. The second-order valence-electron chi connectivity index (χ2n) is 7.14. The molecule has 1 saturated carbocycles. The Morgan fingerprint density at radius 1 is 1.33 bits per heavy atom. The largest absolute Gasteiger partial charge is 0.495 e. The molecule has 2 heterocycles. The number of hydrogen-bond donors (Lipinski definition) is 1. The Bertz CT molecular complexity index is 1120. The van der Waals surface area contributed by atoms with Crippen LogP contribution < -0.4 is 15.7 Å². The van der Waals surface area contributed by atoms with Crippen molar-refractivity contribution in [2.45, 2.75) is 48.9 Å². The van der Waals surface area contributed by atoms with Crippen LogP contribution in [-0.2, 0) is 11.3 Å². The number of carbonyl (C=O) groups excluding carboxylic acids is 1. The Morgan fingerprint density at radius 2 is 2.13 bits per heavy atom. The third-order valence-electron chi connectivity index (χ3n) is 5.03. The number of methoxy groups -OCH3 is 1. The summed E-state index contributed by atoms with van der Waals surface area (Å²) in [7, 11) is 1.52. The first kappa shape index (κ1) is 20.7. The maximum absolute atomic E-state index is 12.7. The first-order valence-electron chi connectivity index (χ1n) is 9.79. The highest BCUT2D eigenvalue weighted by atomic mass is 35.5. The highest BCUT2D eigenvalue weighted by molar-refractivity contribution is 8.00. The van der Waals surface area contributed by atoms with E-state index in [1.165, 1.54) is 30.8 Å². The average Bonchev–Trinajstić information content (AvgIpc) is 3.05. The van der Waals surface area contributed by atoms with E-state index < -0.39 is 0 Å². The van der Waals surface area contributed by atoms with Crippen LogP contribution in [0.5, 0.6) is 5.75 Å².